The van der Waals surface area contributed by atoms with Gasteiger partial charge in [0.05, 0.1) is 6.61 Å². The third kappa shape index (κ3) is 2.15. The highest BCUT2D eigenvalue weighted by atomic mass is 16.3. The van der Waals surface area contributed by atoms with Crippen molar-refractivity contribution in [2.75, 3.05) is 11.4 Å². The van der Waals surface area contributed by atoms with E-state index in [0.29, 0.717) is 0 Å². The molecule has 2 rings (SSSR count). The van der Waals surface area contributed by atoms with Gasteiger partial charge in [0.25, 0.3) is 0 Å². The summed E-state index contributed by atoms with van der Waals surface area (Å²) in [7, 11) is 0. The van der Waals surface area contributed by atoms with Crippen molar-refractivity contribution >= 4 is 5.69 Å². The van der Waals surface area contributed by atoms with Crippen LogP contribution in [-0.4, -0.2) is 17.7 Å². The van der Waals surface area contributed by atoms with Crippen LogP contribution in [-0.2, 0) is 6.61 Å². The highest BCUT2D eigenvalue weighted by Crippen LogP contribution is 2.32. The predicted molar refractivity (Wildman–Crippen MR) is 63.1 cm³/mol. The molecule has 0 heterocycles. The fourth-order valence-electron chi connectivity index (χ4n) is 2.07. The number of benzene rings is 1. The predicted octanol–water partition coefficient (Wildman–Crippen LogP) is 2.48. The second-order valence-corrected chi connectivity index (χ2v) is 4.29. The fraction of sp³-hybridized carbons (Fsp3) is 0.538. The van der Waals surface area contributed by atoms with Gasteiger partial charge in [-0.25, -0.2) is 0 Å². The lowest BCUT2D eigenvalue weighted by Crippen LogP contribution is -2.25. The maximum absolute atomic E-state index is 9.11. The van der Waals surface area contributed by atoms with Gasteiger partial charge in [0.1, 0.15) is 0 Å². The van der Waals surface area contributed by atoms with Gasteiger partial charge in [-0.15, -0.1) is 0 Å². The van der Waals surface area contributed by atoms with Gasteiger partial charge >= 0.3 is 0 Å². The monoisotopic (exact) mass is 205 g/mol. The second kappa shape index (κ2) is 4.23. The van der Waals surface area contributed by atoms with Crippen LogP contribution in [0, 0.1) is 6.92 Å². The Bertz CT molecular complexity index is 344. The van der Waals surface area contributed by atoms with E-state index in [-0.39, 0.29) is 6.61 Å². The molecule has 1 N–H and O–H groups in total. The van der Waals surface area contributed by atoms with Gasteiger partial charge in [-0.3, -0.25) is 0 Å². The summed E-state index contributed by atoms with van der Waals surface area (Å²) in [6, 6.07) is 7.11. The van der Waals surface area contributed by atoms with Gasteiger partial charge in [0, 0.05) is 18.3 Å². The van der Waals surface area contributed by atoms with Crippen LogP contribution in [0.4, 0.5) is 5.69 Å². The SMILES string of the molecule is CCN(c1ccc(CO)c(C)c1)C1CC1. The molecule has 2 heteroatoms. The van der Waals surface area contributed by atoms with Crippen molar-refractivity contribution in [3.63, 3.8) is 0 Å². The van der Waals surface area contributed by atoms with Crippen LogP contribution in [0.25, 0.3) is 0 Å². The van der Waals surface area contributed by atoms with E-state index in [1.54, 1.807) is 0 Å². The summed E-state index contributed by atoms with van der Waals surface area (Å²) in [5.41, 5.74) is 3.52. The number of aliphatic hydroxyl groups excluding tert-OH is 1. The smallest absolute Gasteiger partial charge is 0.0684 e. The lowest BCUT2D eigenvalue weighted by Gasteiger charge is -2.23. The van der Waals surface area contributed by atoms with Crippen LogP contribution in [0.5, 0.6) is 0 Å². The maximum Gasteiger partial charge on any atom is 0.0684 e. The van der Waals surface area contributed by atoms with Crippen LogP contribution in [0.15, 0.2) is 18.2 Å². The molecule has 1 aliphatic rings. The average molecular weight is 205 g/mol. The molecule has 15 heavy (non-hydrogen) atoms. The third-order valence-electron chi connectivity index (χ3n) is 3.16. The molecule has 0 aliphatic heterocycles. The largest absolute Gasteiger partial charge is 0.392 e. The van der Waals surface area contributed by atoms with E-state index in [4.69, 9.17) is 5.11 Å². The quantitative estimate of drug-likeness (QED) is 0.816. The van der Waals surface area contributed by atoms with Gasteiger partial charge in [-0.05, 0) is 49.9 Å². The van der Waals surface area contributed by atoms with E-state index in [1.165, 1.54) is 24.1 Å². The molecule has 0 spiro atoms. The van der Waals surface area contributed by atoms with E-state index in [2.05, 4.69) is 30.9 Å². The molecule has 0 unspecified atom stereocenters. The highest BCUT2D eigenvalue weighted by Gasteiger charge is 2.28. The minimum absolute atomic E-state index is 0.141. The number of aryl methyl sites for hydroxylation is 1. The van der Waals surface area contributed by atoms with Gasteiger partial charge in [-0.2, -0.15) is 0 Å². The van der Waals surface area contributed by atoms with Crippen molar-refractivity contribution < 1.29 is 5.11 Å². The van der Waals surface area contributed by atoms with Gasteiger partial charge in [-0.1, -0.05) is 6.07 Å². The summed E-state index contributed by atoms with van der Waals surface area (Å²) in [6.07, 6.45) is 2.66. The average Bonchev–Trinajstić information content (AvgIpc) is 3.03. The molecule has 1 aromatic carbocycles. The van der Waals surface area contributed by atoms with E-state index >= 15 is 0 Å². The van der Waals surface area contributed by atoms with Crippen molar-refractivity contribution in [1.29, 1.82) is 0 Å². The van der Waals surface area contributed by atoms with E-state index in [1.807, 2.05) is 6.07 Å². The first-order chi connectivity index (χ1) is 7.26. The van der Waals surface area contributed by atoms with Gasteiger partial charge in [0.2, 0.25) is 0 Å². The van der Waals surface area contributed by atoms with Crippen molar-refractivity contribution in [3.05, 3.63) is 29.3 Å². The van der Waals surface area contributed by atoms with Crippen molar-refractivity contribution in [1.82, 2.24) is 0 Å². The van der Waals surface area contributed by atoms with Crippen LogP contribution in [0.1, 0.15) is 30.9 Å². The highest BCUT2D eigenvalue weighted by molar-refractivity contribution is 5.52. The van der Waals surface area contributed by atoms with Crippen LogP contribution in [0.3, 0.4) is 0 Å². The zero-order valence-electron chi connectivity index (χ0n) is 9.53. The normalized spacial score (nSPS) is 15.4. The molecule has 0 radical (unpaired) electrons. The molecule has 0 amide bonds. The lowest BCUT2D eigenvalue weighted by atomic mass is 10.1. The number of nitrogens with zero attached hydrogens (tertiary/aromatic N) is 1. The zero-order valence-corrected chi connectivity index (χ0v) is 9.53. The Morgan fingerprint density at radius 2 is 2.13 bits per heavy atom. The Balaban J connectivity index is 2.23. The molecular weight excluding hydrogens is 186 g/mol. The van der Waals surface area contributed by atoms with E-state index in [0.717, 1.165) is 18.2 Å². The molecule has 1 fully saturated rings. The number of rotatable bonds is 4. The van der Waals surface area contributed by atoms with E-state index in [9.17, 15) is 0 Å². The summed E-state index contributed by atoms with van der Waals surface area (Å²) < 4.78 is 0. The number of anilines is 1. The topological polar surface area (TPSA) is 23.5 Å². The molecule has 0 aromatic heterocycles. The molecular formula is C13H19NO. The Labute approximate surface area is 91.5 Å². The second-order valence-electron chi connectivity index (χ2n) is 4.29. The molecule has 1 saturated carbocycles. The minimum Gasteiger partial charge on any atom is -0.392 e. The standard InChI is InChI=1S/C13H19NO/c1-3-14(12-6-7-12)13-5-4-11(9-15)10(2)8-13/h4-5,8,12,15H,3,6-7,9H2,1-2H3. The first-order valence-corrected chi connectivity index (χ1v) is 5.73. The zero-order chi connectivity index (χ0) is 10.8. The summed E-state index contributed by atoms with van der Waals surface area (Å²) in [5, 5.41) is 9.11. The summed E-state index contributed by atoms with van der Waals surface area (Å²) >= 11 is 0. The van der Waals surface area contributed by atoms with Crippen LogP contribution >= 0.6 is 0 Å². The Morgan fingerprint density at radius 1 is 1.40 bits per heavy atom. The summed E-state index contributed by atoms with van der Waals surface area (Å²) in [6.45, 7) is 5.48. The molecule has 0 bridgehead atoms. The molecule has 2 nitrogen and oxygen atoms in total. The van der Waals surface area contributed by atoms with Gasteiger partial charge < -0.3 is 10.0 Å². The molecule has 1 aromatic rings. The lowest BCUT2D eigenvalue weighted by molar-refractivity contribution is 0.281. The number of aliphatic hydroxyl groups is 1. The number of hydrogen-bond acceptors (Lipinski definition) is 2. The Kier molecular flexibility index (Phi) is 2.96. The van der Waals surface area contributed by atoms with E-state index < -0.39 is 0 Å². The van der Waals surface area contributed by atoms with Crippen LogP contribution in [0.2, 0.25) is 0 Å². The molecule has 82 valence electrons. The third-order valence-corrected chi connectivity index (χ3v) is 3.16. The maximum atomic E-state index is 9.11. The Hall–Kier alpha value is -1.02. The van der Waals surface area contributed by atoms with Crippen molar-refractivity contribution in [2.24, 2.45) is 0 Å². The van der Waals surface area contributed by atoms with Crippen LogP contribution < -0.4 is 4.90 Å². The van der Waals surface area contributed by atoms with Crippen molar-refractivity contribution in [2.45, 2.75) is 39.3 Å². The molecule has 0 saturated heterocycles. The summed E-state index contributed by atoms with van der Waals surface area (Å²) in [4.78, 5) is 2.45. The minimum atomic E-state index is 0.141. The Morgan fingerprint density at radius 3 is 2.60 bits per heavy atom. The fourth-order valence-corrected chi connectivity index (χ4v) is 2.07. The summed E-state index contributed by atoms with van der Waals surface area (Å²) in [5.74, 6) is 0. The first-order valence-electron chi connectivity index (χ1n) is 5.73. The first kappa shape index (κ1) is 10.5. The molecule has 1 aliphatic carbocycles. The number of hydrogen-bond donors (Lipinski definition) is 1. The van der Waals surface area contributed by atoms with Gasteiger partial charge in [0.15, 0.2) is 0 Å². The van der Waals surface area contributed by atoms with Crippen molar-refractivity contribution in [3.8, 4) is 0 Å². The molecule has 0 atom stereocenters.